The summed E-state index contributed by atoms with van der Waals surface area (Å²) < 4.78 is 42.4. The Labute approximate surface area is 239 Å². The van der Waals surface area contributed by atoms with Crippen LogP contribution in [0.1, 0.15) is 25.7 Å². The first kappa shape index (κ1) is 27.1. The van der Waals surface area contributed by atoms with Crippen molar-refractivity contribution in [2.24, 2.45) is 11.8 Å². The third kappa shape index (κ3) is 6.47. The first-order chi connectivity index (χ1) is 19.9. The van der Waals surface area contributed by atoms with Crippen molar-refractivity contribution in [1.29, 1.82) is 0 Å². The molecule has 210 valence electrons. The average Bonchev–Trinajstić information content (AvgIpc) is 2.99. The van der Waals surface area contributed by atoms with Gasteiger partial charge in [-0.3, -0.25) is 0 Å². The summed E-state index contributed by atoms with van der Waals surface area (Å²) in [6, 6.07) is 27.0. The molecule has 1 fully saturated rings. The number of para-hydroxylation sites is 1. The molecule has 1 aliphatic rings. The van der Waals surface area contributed by atoms with Gasteiger partial charge in [0.25, 0.3) is 0 Å². The minimum atomic E-state index is -3.56. The fraction of sp³-hybridized carbons (Fsp3) is 0.250. The minimum absolute atomic E-state index is 0.302. The molecule has 5 aromatic rings. The summed E-state index contributed by atoms with van der Waals surface area (Å²) in [5.41, 5.74) is 1.42. The lowest BCUT2D eigenvalue weighted by Crippen LogP contribution is -2.32. The van der Waals surface area contributed by atoms with Crippen LogP contribution in [-0.4, -0.2) is 31.5 Å². The normalized spacial score (nSPS) is 17.5. The van der Waals surface area contributed by atoms with Gasteiger partial charge in [-0.2, -0.15) is 4.98 Å². The number of aromatic nitrogens is 2. The highest BCUT2D eigenvalue weighted by atomic mass is 32.2. The van der Waals surface area contributed by atoms with E-state index in [2.05, 4.69) is 20.3 Å². The number of anilines is 3. The summed E-state index contributed by atoms with van der Waals surface area (Å²) in [6.07, 6.45) is 3.91. The Balaban J connectivity index is 1.04. The van der Waals surface area contributed by atoms with E-state index in [0.717, 1.165) is 53.9 Å². The Bertz CT molecular complexity index is 1790. The van der Waals surface area contributed by atoms with Crippen molar-refractivity contribution in [3.05, 3.63) is 96.8 Å². The lowest BCUT2D eigenvalue weighted by Gasteiger charge is -2.28. The molecule has 0 amide bonds. The first-order valence-corrected chi connectivity index (χ1v) is 15.4. The van der Waals surface area contributed by atoms with Crippen molar-refractivity contribution in [2.75, 3.05) is 23.7 Å². The monoisotopic (exact) mass is 569 g/mol. The zero-order chi connectivity index (χ0) is 28.2. The number of nitrogens with zero attached hydrogens (tertiary/aromatic N) is 2. The van der Waals surface area contributed by atoms with Crippen molar-refractivity contribution < 1.29 is 12.8 Å². The molecule has 3 N–H and O–H groups in total. The highest BCUT2D eigenvalue weighted by Gasteiger charge is 2.24. The maximum absolute atomic E-state index is 13.7. The zero-order valence-electron chi connectivity index (χ0n) is 22.6. The van der Waals surface area contributed by atoms with Gasteiger partial charge >= 0.3 is 0 Å². The average molecular weight is 570 g/mol. The molecular weight excluding hydrogens is 537 g/mol. The van der Waals surface area contributed by atoms with Crippen molar-refractivity contribution >= 4 is 49.2 Å². The highest BCUT2D eigenvalue weighted by molar-refractivity contribution is 7.89. The van der Waals surface area contributed by atoms with Crippen molar-refractivity contribution in [3.8, 4) is 0 Å². The molecule has 1 heterocycles. The molecule has 0 atom stereocenters. The van der Waals surface area contributed by atoms with Crippen LogP contribution in [0.25, 0.3) is 21.7 Å². The molecule has 1 aliphatic carbocycles. The summed E-state index contributed by atoms with van der Waals surface area (Å²) in [5.74, 6) is 1.57. The van der Waals surface area contributed by atoms with Gasteiger partial charge in [-0.05, 0) is 90.8 Å². The maximum atomic E-state index is 13.7. The van der Waals surface area contributed by atoms with Crippen LogP contribution in [0.4, 0.5) is 21.8 Å². The van der Waals surface area contributed by atoms with Crippen molar-refractivity contribution in [1.82, 2.24) is 14.7 Å². The predicted molar refractivity (Wildman–Crippen MR) is 162 cm³/mol. The number of fused-ring (bicyclic) bond motifs is 2. The molecule has 0 saturated heterocycles. The van der Waals surface area contributed by atoms with E-state index in [1.54, 1.807) is 24.3 Å². The van der Waals surface area contributed by atoms with E-state index < -0.39 is 10.0 Å². The lowest BCUT2D eigenvalue weighted by molar-refractivity contribution is 0.284. The molecular formula is C32H32FN5O2S. The lowest BCUT2D eigenvalue weighted by atomic mass is 9.82. The molecule has 1 aromatic heterocycles. The zero-order valence-corrected chi connectivity index (χ0v) is 23.4. The van der Waals surface area contributed by atoms with E-state index >= 15 is 0 Å². The van der Waals surface area contributed by atoms with Crippen LogP contribution >= 0.6 is 0 Å². The number of benzene rings is 4. The Morgan fingerprint density at radius 1 is 0.756 bits per heavy atom. The predicted octanol–water partition coefficient (Wildman–Crippen LogP) is 6.86. The molecule has 6 rings (SSSR count). The van der Waals surface area contributed by atoms with Crippen molar-refractivity contribution in [3.63, 3.8) is 0 Å². The van der Waals surface area contributed by atoms with Gasteiger partial charge in [0.15, 0.2) is 0 Å². The molecule has 0 aliphatic heterocycles. The fourth-order valence-electron chi connectivity index (χ4n) is 5.47. The number of rotatable bonds is 9. The van der Waals surface area contributed by atoms with Gasteiger partial charge in [0.05, 0.1) is 10.4 Å². The van der Waals surface area contributed by atoms with Crippen LogP contribution in [0, 0.1) is 17.7 Å². The third-order valence-corrected chi connectivity index (χ3v) is 9.22. The molecule has 9 heteroatoms. The van der Waals surface area contributed by atoms with Crippen LogP contribution in [0.15, 0.2) is 95.9 Å². The van der Waals surface area contributed by atoms with Gasteiger partial charge in [-0.25, -0.2) is 22.5 Å². The molecule has 4 aromatic carbocycles. The first-order valence-electron chi connectivity index (χ1n) is 13.9. The number of halogens is 1. The van der Waals surface area contributed by atoms with Gasteiger partial charge in [0.2, 0.25) is 16.0 Å². The van der Waals surface area contributed by atoms with Crippen LogP contribution in [-0.2, 0) is 10.0 Å². The summed E-state index contributed by atoms with van der Waals surface area (Å²) in [5, 5.41) is 9.42. The van der Waals surface area contributed by atoms with E-state index in [1.807, 2.05) is 54.6 Å². The summed E-state index contributed by atoms with van der Waals surface area (Å²) in [7, 11) is -3.56. The van der Waals surface area contributed by atoms with Crippen molar-refractivity contribution in [2.45, 2.75) is 30.6 Å². The number of hydrogen-bond donors (Lipinski definition) is 3. The molecule has 41 heavy (non-hydrogen) atoms. The molecule has 0 bridgehead atoms. The van der Waals surface area contributed by atoms with Gasteiger partial charge in [-0.15, -0.1) is 0 Å². The Morgan fingerprint density at radius 2 is 1.49 bits per heavy atom. The quantitative estimate of drug-likeness (QED) is 0.179. The molecule has 1 saturated carbocycles. The van der Waals surface area contributed by atoms with Gasteiger partial charge in [0, 0.05) is 24.2 Å². The topological polar surface area (TPSA) is 96.0 Å². The van der Waals surface area contributed by atoms with Crippen LogP contribution in [0.5, 0.6) is 0 Å². The second-order valence-electron chi connectivity index (χ2n) is 10.7. The van der Waals surface area contributed by atoms with Crippen LogP contribution < -0.4 is 15.4 Å². The van der Waals surface area contributed by atoms with Gasteiger partial charge in [-0.1, -0.05) is 48.5 Å². The molecule has 0 radical (unpaired) electrons. The number of nitrogens with one attached hydrogen (secondary N) is 3. The SMILES string of the molecule is O=S(=O)(NC[C@H]1CC[C@H](CNc2nc(Nc3cccc(F)c3)c3ccccc3n2)CC1)c1ccc2ccccc2c1. The molecule has 0 spiro atoms. The van der Waals surface area contributed by atoms with Crippen LogP contribution in [0.2, 0.25) is 0 Å². The van der Waals surface area contributed by atoms with E-state index in [4.69, 9.17) is 4.98 Å². The smallest absolute Gasteiger partial charge is 0.240 e. The maximum Gasteiger partial charge on any atom is 0.240 e. The Morgan fingerprint density at radius 3 is 2.29 bits per heavy atom. The molecule has 0 unspecified atom stereocenters. The standard InChI is InChI=1S/C32H32FN5O2S/c33-26-8-5-9-27(19-26)36-31-29-10-3-4-11-30(29)37-32(38-31)34-20-22-12-14-23(15-13-22)21-35-41(39,40)28-17-16-24-6-1-2-7-25(24)18-28/h1-11,16-19,22-23,35H,12-15,20-21H2,(H2,34,36,37,38)/t22-,23-. The summed E-state index contributed by atoms with van der Waals surface area (Å²) >= 11 is 0. The Kier molecular flexibility index (Phi) is 7.80. The fourth-order valence-corrected chi connectivity index (χ4v) is 6.63. The van der Waals surface area contributed by atoms with E-state index in [9.17, 15) is 12.8 Å². The second kappa shape index (κ2) is 11.8. The minimum Gasteiger partial charge on any atom is -0.354 e. The second-order valence-corrected chi connectivity index (χ2v) is 12.4. The van der Waals surface area contributed by atoms with E-state index in [1.165, 1.54) is 12.1 Å². The molecule has 7 nitrogen and oxygen atoms in total. The van der Waals surface area contributed by atoms with Gasteiger partial charge < -0.3 is 10.6 Å². The third-order valence-electron chi connectivity index (χ3n) is 7.80. The van der Waals surface area contributed by atoms with E-state index in [-0.39, 0.29) is 5.82 Å². The Hall–Kier alpha value is -4.08. The summed E-state index contributed by atoms with van der Waals surface area (Å²) in [6.45, 7) is 1.17. The summed E-state index contributed by atoms with van der Waals surface area (Å²) in [4.78, 5) is 9.68. The van der Waals surface area contributed by atoms with Gasteiger partial charge in [0.1, 0.15) is 11.6 Å². The largest absolute Gasteiger partial charge is 0.354 e. The number of hydrogen-bond acceptors (Lipinski definition) is 6. The van der Waals surface area contributed by atoms with Crippen LogP contribution in [0.3, 0.4) is 0 Å². The highest BCUT2D eigenvalue weighted by Crippen LogP contribution is 2.30. The van der Waals surface area contributed by atoms with E-state index in [0.29, 0.717) is 40.7 Å². The number of sulfonamides is 1.